The summed E-state index contributed by atoms with van der Waals surface area (Å²) in [6, 6.07) is 69.1. The summed E-state index contributed by atoms with van der Waals surface area (Å²) >= 11 is 1.90. The van der Waals surface area contributed by atoms with E-state index in [0.717, 1.165) is 0 Å². The molecule has 0 aliphatic heterocycles. The Bertz CT molecular complexity index is 3630. The Balaban J connectivity index is 0.935. The lowest BCUT2D eigenvalue weighted by Gasteiger charge is -2.23. The Morgan fingerprint density at radius 1 is 0.311 bits per heavy atom. The molecule has 0 saturated heterocycles. The smallest absolute Gasteiger partial charge is 0.0361 e. The van der Waals surface area contributed by atoms with Crippen LogP contribution in [0.4, 0.5) is 0 Å². The van der Waals surface area contributed by atoms with Crippen LogP contribution in [0.2, 0.25) is 0 Å². The first-order chi connectivity index (χ1) is 29.8. The molecule has 288 valence electrons. The molecule has 0 unspecified atom stereocenters. The van der Waals surface area contributed by atoms with E-state index in [1.165, 1.54) is 130 Å². The molecule has 0 atom stereocenters. The van der Waals surface area contributed by atoms with Gasteiger partial charge in [0.15, 0.2) is 0 Å². The molecule has 2 aliphatic rings. The van der Waals surface area contributed by atoms with Crippen LogP contribution >= 0.6 is 11.3 Å². The van der Waals surface area contributed by atoms with Crippen molar-refractivity contribution in [3.05, 3.63) is 204 Å². The van der Waals surface area contributed by atoms with Crippen molar-refractivity contribution in [2.45, 2.75) is 38.5 Å². The third-order valence-corrected chi connectivity index (χ3v) is 15.6. The van der Waals surface area contributed by atoms with Gasteiger partial charge in [-0.3, -0.25) is 0 Å². The van der Waals surface area contributed by atoms with E-state index in [-0.39, 0.29) is 10.8 Å². The summed E-state index contributed by atoms with van der Waals surface area (Å²) in [6.45, 7) is 9.62. The minimum atomic E-state index is -0.137. The van der Waals surface area contributed by atoms with Gasteiger partial charge in [0.2, 0.25) is 0 Å². The Hall–Kier alpha value is -6.80. The summed E-state index contributed by atoms with van der Waals surface area (Å²) in [5.74, 6) is 0. The molecular weight excluding hydrogens is 753 g/mol. The topological polar surface area (TPSA) is 0 Å². The first-order valence-corrected chi connectivity index (χ1v) is 22.4. The van der Waals surface area contributed by atoms with Crippen LogP contribution in [0.15, 0.2) is 182 Å². The number of thiophene rings is 1. The van der Waals surface area contributed by atoms with Crippen molar-refractivity contribution in [1.82, 2.24) is 0 Å². The second kappa shape index (κ2) is 12.4. The standard InChI is InChI=1S/C60H42S/c1-59(2)50-28-24-39(57-43-18-10-8-16-41(43)56(35-14-6-5-7-15-35)42-17-9-11-19-44(42)57)32-47(50)40-26-22-37(33-52(40)59)36-23-27-51-48(30-36)49-31-38-25-29-55-58(45-20-12-13-21-54(45)61-55)46(38)34-53(49)60(51,3)4/h5-34H,1-4H3. The normalized spacial score (nSPS) is 14.5. The maximum atomic E-state index is 2.51. The van der Waals surface area contributed by atoms with Crippen molar-refractivity contribution in [2.24, 2.45) is 0 Å². The first kappa shape index (κ1) is 35.0. The fraction of sp³-hybridized carbons (Fsp3) is 0.100. The Labute approximate surface area is 360 Å². The highest BCUT2D eigenvalue weighted by atomic mass is 32.1. The van der Waals surface area contributed by atoms with Crippen molar-refractivity contribution < 1.29 is 0 Å². The van der Waals surface area contributed by atoms with Crippen molar-refractivity contribution in [3.63, 3.8) is 0 Å². The van der Waals surface area contributed by atoms with E-state index >= 15 is 0 Å². The molecule has 13 rings (SSSR count). The zero-order valence-electron chi connectivity index (χ0n) is 34.7. The van der Waals surface area contributed by atoms with Gasteiger partial charge in [-0.1, -0.05) is 167 Å². The van der Waals surface area contributed by atoms with Crippen LogP contribution in [0.5, 0.6) is 0 Å². The van der Waals surface area contributed by atoms with Gasteiger partial charge < -0.3 is 0 Å². The van der Waals surface area contributed by atoms with Gasteiger partial charge in [-0.25, -0.2) is 0 Å². The molecule has 11 aromatic rings. The highest BCUT2D eigenvalue weighted by Crippen LogP contribution is 2.55. The van der Waals surface area contributed by atoms with E-state index < -0.39 is 0 Å². The van der Waals surface area contributed by atoms with E-state index in [1.807, 2.05) is 11.3 Å². The maximum Gasteiger partial charge on any atom is 0.0361 e. The molecule has 0 fully saturated rings. The molecule has 0 bridgehead atoms. The van der Waals surface area contributed by atoms with E-state index in [4.69, 9.17) is 0 Å². The van der Waals surface area contributed by atoms with Gasteiger partial charge in [-0.15, -0.1) is 11.3 Å². The molecule has 1 heterocycles. The zero-order valence-corrected chi connectivity index (χ0v) is 35.5. The summed E-state index contributed by atoms with van der Waals surface area (Å²) in [6.07, 6.45) is 0. The lowest BCUT2D eigenvalue weighted by Crippen LogP contribution is -2.15. The highest BCUT2D eigenvalue weighted by Gasteiger charge is 2.38. The van der Waals surface area contributed by atoms with Crippen molar-refractivity contribution >= 4 is 63.8 Å². The highest BCUT2D eigenvalue weighted by molar-refractivity contribution is 7.26. The molecule has 0 nitrogen and oxygen atoms in total. The lowest BCUT2D eigenvalue weighted by molar-refractivity contribution is 0.660. The second-order valence-corrected chi connectivity index (χ2v) is 19.5. The van der Waals surface area contributed by atoms with Gasteiger partial charge in [-0.2, -0.15) is 0 Å². The number of fused-ring (bicyclic) bond motifs is 13. The Morgan fingerprint density at radius 3 is 1.51 bits per heavy atom. The van der Waals surface area contributed by atoms with Gasteiger partial charge in [-0.05, 0) is 153 Å². The summed E-state index contributed by atoms with van der Waals surface area (Å²) in [5, 5.41) is 10.6. The van der Waals surface area contributed by atoms with Gasteiger partial charge in [0.1, 0.15) is 0 Å². The SMILES string of the molecule is CC1(C)c2ccc(-c3c4ccccc4c(-c4ccccc4)c4ccccc34)cc2-c2ccc(-c3ccc4c(c3)-c3cc5ccc6sc7ccccc7c6c5cc3C4(C)C)cc21. The van der Waals surface area contributed by atoms with Crippen LogP contribution in [-0.4, -0.2) is 0 Å². The molecule has 0 radical (unpaired) electrons. The van der Waals surface area contributed by atoms with Crippen molar-refractivity contribution in [1.29, 1.82) is 0 Å². The van der Waals surface area contributed by atoms with E-state index in [0.29, 0.717) is 0 Å². The minimum absolute atomic E-state index is 0.0941. The summed E-state index contributed by atoms with van der Waals surface area (Å²) in [4.78, 5) is 0. The Morgan fingerprint density at radius 2 is 0.820 bits per heavy atom. The average Bonchev–Trinajstić information content (AvgIpc) is 3.86. The van der Waals surface area contributed by atoms with Gasteiger partial charge in [0, 0.05) is 31.0 Å². The molecule has 1 aromatic heterocycles. The van der Waals surface area contributed by atoms with Gasteiger partial charge in [0.05, 0.1) is 0 Å². The molecule has 0 saturated carbocycles. The molecule has 10 aromatic carbocycles. The van der Waals surface area contributed by atoms with E-state index in [1.54, 1.807) is 0 Å². The number of hydrogen-bond acceptors (Lipinski definition) is 1. The van der Waals surface area contributed by atoms with Crippen LogP contribution in [0.3, 0.4) is 0 Å². The zero-order chi connectivity index (χ0) is 40.8. The molecule has 61 heavy (non-hydrogen) atoms. The van der Waals surface area contributed by atoms with Crippen LogP contribution in [0.25, 0.3) is 108 Å². The molecule has 1 heteroatoms. The number of rotatable bonds is 3. The monoisotopic (exact) mass is 794 g/mol. The van der Waals surface area contributed by atoms with Crippen molar-refractivity contribution in [2.75, 3.05) is 0 Å². The summed E-state index contributed by atoms with van der Waals surface area (Å²) in [5.41, 5.74) is 18.5. The van der Waals surface area contributed by atoms with Crippen molar-refractivity contribution in [3.8, 4) is 55.6 Å². The maximum absolute atomic E-state index is 2.51. The van der Waals surface area contributed by atoms with Crippen LogP contribution < -0.4 is 0 Å². The first-order valence-electron chi connectivity index (χ1n) is 21.6. The average molecular weight is 795 g/mol. The summed E-state index contributed by atoms with van der Waals surface area (Å²) < 4.78 is 2.72. The molecule has 0 spiro atoms. The third kappa shape index (κ3) is 4.81. The molecule has 0 amide bonds. The number of benzene rings is 10. The summed E-state index contributed by atoms with van der Waals surface area (Å²) in [7, 11) is 0. The molecule has 2 aliphatic carbocycles. The van der Waals surface area contributed by atoms with Gasteiger partial charge >= 0.3 is 0 Å². The van der Waals surface area contributed by atoms with Crippen LogP contribution in [0.1, 0.15) is 49.9 Å². The van der Waals surface area contributed by atoms with Crippen LogP contribution in [-0.2, 0) is 10.8 Å². The quantitative estimate of drug-likeness (QED) is 0.156. The molecule has 0 N–H and O–H groups in total. The molecular formula is C60H42S. The fourth-order valence-corrected chi connectivity index (χ4v) is 12.5. The minimum Gasteiger partial charge on any atom is -0.135 e. The predicted octanol–water partition coefficient (Wildman–Crippen LogP) is 17.1. The van der Waals surface area contributed by atoms with Crippen LogP contribution in [0, 0.1) is 0 Å². The fourth-order valence-electron chi connectivity index (χ4n) is 11.4. The lowest BCUT2D eigenvalue weighted by atomic mass is 9.80. The largest absolute Gasteiger partial charge is 0.135 e. The number of hydrogen-bond donors (Lipinski definition) is 0. The predicted molar refractivity (Wildman–Crippen MR) is 263 cm³/mol. The van der Waals surface area contributed by atoms with E-state index in [9.17, 15) is 0 Å². The van der Waals surface area contributed by atoms with E-state index in [2.05, 4.69) is 210 Å². The Kier molecular flexibility index (Phi) is 7.11. The second-order valence-electron chi connectivity index (χ2n) is 18.4. The third-order valence-electron chi connectivity index (χ3n) is 14.4. The van der Waals surface area contributed by atoms with Gasteiger partial charge in [0.25, 0.3) is 0 Å².